The zero-order valence-electron chi connectivity index (χ0n) is 11.1. The average molecular weight is 271 g/mol. The van der Waals surface area contributed by atoms with Crippen LogP contribution in [0.4, 0.5) is 5.69 Å². The zero-order valence-corrected chi connectivity index (χ0v) is 11.1. The molecule has 2 aromatic rings. The Morgan fingerprint density at radius 1 is 1.25 bits per heavy atom. The highest BCUT2D eigenvalue weighted by atomic mass is 16.3. The van der Waals surface area contributed by atoms with Gasteiger partial charge in [0.05, 0.1) is 11.8 Å². The van der Waals surface area contributed by atoms with Gasteiger partial charge in [-0.05, 0) is 43.5 Å². The number of nitrogens with one attached hydrogen (secondary N) is 1. The van der Waals surface area contributed by atoms with Crippen molar-refractivity contribution >= 4 is 5.69 Å². The van der Waals surface area contributed by atoms with Crippen LogP contribution in [0.2, 0.25) is 0 Å². The Labute approximate surface area is 116 Å². The van der Waals surface area contributed by atoms with E-state index in [1.165, 1.54) is 12.3 Å². The van der Waals surface area contributed by atoms with Crippen LogP contribution < -0.4 is 16.6 Å². The van der Waals surface area contributed by atoms with Gasteiger partial charge in [-0.1, -0.05) is 12.1 Å². The number of hydrogen-bond acceptors (Lipinski definition) is 5. The van der Waals surface area contributed by atoms with Gasteiger partial charge in [0.25, 0.3) is 5.56 Å². The van der Waals surface area contributed by atoms with Crippen molar-refractivity contribution in [2.24, 2.45) is 0 Å². The van der Waals surface area contributed by atoms with Gasteiger partial charge in [-0.2, -0.15) is 4.98 Å². The minimum atomic E-state index is -0.314. The van der Waals surface area contributed by atoms with Crippen molar-refractivity contribution in [3.8, 4) is 11.5 Å². The third-order valence-electron chi connectivity index (χ3n) is 3.72. The SMILES string of the molecule is Nc1cccc(C2CCNCC2)c1-c1nc(=O)cco1. The Kier molecular flexibility index (Phi) is 3.52. The van der Waals surface area contributed by atoms with E-state index in [1.807, 2.05) is 12.1 Å². The van der Waals surface area contributed by atoms with Gasteiger partial charge in [-0.15, -0.1) is 0 Å². The van der Waals surface area contributed by atoms with E-state index in [2.05, 4.69) is 16.4 Å². The number of nitrogens with zero attached hydrogens (tertiary/aromatic N) is 1. The minimum absolute atomic E-state index is 0.309. The van der Waals surface area contributed by atoms with Crippen LogP contribution >= 0.6 is 0 Å². The molecule has 0 radical (unpaired) electrons. The average Bonchev–Trinajstić information content (AvgIpc) is 2.48. The molecular weight excluding hydrogens is 254 g/mol. The Balaban J connectivity index is 2.11. The fourth-order valence-electron chi connectivity index (χ4n) is 2.74. The van der Waals surface area contributed by atoms with Crippen LogP contribution in [0.15, 0.2) is 39.7 Å². The fraction of sp³-hybridized carbons (Fsp3) is 0.333. The van der Waals surface area contributed by atoms with E-state index < -0.39 is 0 Å². The molecule has 0 unspecified atom stereocenters. The number of aromatic nitrogens is 1. The van der Waals surface area contributed by atoms with Gasteiger partial charge < -0.3 is 15.5 Å². The number of benzene rings is 1. The molecule has 0 atom stereocenters. The second-order valence-electron chi connectivity index (χ2n) is 5.01. The van der Waals surface area contributed by atoms with E-state index >= 15 is 0 Å². The maximum atomic E-state index is 11.4. The third kappa shape index (κ3) is 2.44. The standard InChI is InChI=1S/C15H17N3O2/c16-12-3-1-2-11(10-4-7-17-8-5-10)14(12)15-18-13(19)6-9-20-15/h1-3,6,9-10,17H,4-5,7-8,16H2. The number of nitrogen functional groups attached to an aromatic ring is 1. The van der Waals surface area contributed by atoms with Crippen LogP contribution in [0.25, 0.3) is 11.5 Å². The molecule has 1 aromatic carbocycles. The van der Waals surface area contributed by atoms with Gasteiger partial charge in [-0.3, -0.25) is 4.79 Å². The van der Waals surface area contributed by atoms with Crippen molar-refractivity contribution in [2.45, 2.75) is 18.8 Å². The topological polar surface area (TPSA) is 81.1 Å². The molecule has 1 aromatic heterocycles. The first-order chi connectivity index (χ1) is 9.75. The highest BCUT2D eigenvalue weighted by Crippen LogP contribution is 2.36. The third-order valence-corrected chi connectivity index (χ3v) is 3.72. The Bertz CT molecular complexity index is 660. The van der Waals surface area contributed by atoms with Gasteiger partial charge in [-0.25, -0.2) is 0 Å². The summed E-state index contributed by atoms with van der Waals surface area (Å²) in [7, 11) is 0. The quantitative estimate of drug-likeness (QED) is 0.813. The molecule has 0 bridgehead atoms. The fourth-order valence-corrected chi connectivity index (χ4v) is 2.74. The van der Waals surface area contributed by atoms with E-state index in [1.54, 1.807) is 0 Å². The number of anilines is 1. The normalized spacial score (nSPS) is 16.2. The molecule has 1 fully saturated rings. The number of hydrogen-bond donors (Lipinski definition) is 2. The van der Waals surface area contributed by atoms with Crippen LogP contribution in [0.1, 0.15) is 24.3 Å². The van der Waals surface area contributed by atoms with Gasteiger partial charge in [0.2, 0.25) is 5.89 Å². The molecule has 1 aliphatic rings. The molecule has 20 heavy (non-hydrogen) atoms. The molecule has 5 nitrogen and oxygen atoms in total. The first-order valence-electron chi connectivity index (χ1n) is 6.81. The molecule has 104 valence electrons. The summed E-state index contributed by atoms with van der Waals surface area (Å²) in [6.45, 7) is 1.98. The molecule has 3 N–H and O–H groups in total. The predicted molar refractivity (Wildman–Crippen MR) is 77.5 cm³/mol. The summed E-state index contributed by atoms with van der Waals surface area (Å²) in [6.07, 6.45) is 3.46. The van der Waals surface area contributed by atoms with Gasteiger partial charge >= 0.3 is 0 Å². The van der Waals surface area contributed by atoms with Crippen LogP contribution in [-0.4, -0.2) is 18.1 Å². The summed E-state index contributed by atoms with van der Waals surface area (Å²) in [5.41, 5.74) is 8.26. The smallest absolute Gasteiger partial charge is 0.276 e. The Hall–Kier alpha value is -2.14. The lowest BCUT2D eigenvalue weighted by Crippen LogP contribution is -2.27. The lowest BCUT2D eigenvalue weighted by Gasteiger charge is -2.25. The van der Waals surface area contributed by atoms with E-state index in [4.69, 9.17) is 10.2 Å². The molecule has 0 spiro atoms. The highest BCUT2D eigenvalue weighted by Gasteiger charge is 2.22. The summed E-state index contributed by atoms with van der Waals surface area (Å²) in [5, 5.41) is 3.35. The summed E-state index contributed by atoms with van der Waals surface area (Å²) in [5.74, 6) is 0.728. The molecule has 2 heterocycles. The van der Waals surface area contributed by atoms with Crippen LogP contribution in [0, 0.1) is 0 Å². The number of rotatable bonds is 2. The first-order valence-corrected chi connectivity index (χ1v) is 6.81. The molecule has 0 amide bonds. The lowest BCUT2D eigenvalue weighted by atomic mass is 9.86. The van der Waals surface area contributed by atoms with Crippen molar-refractivity contribution in [1.82, 2.24) is 10.3 Å². The van der Waals surface area contributed by atoms with Gasteiger partial charge in [0.1, 0.15) is 0 Å². The maximum absolute atomic E-state index is 11.4. The largest absolute Gasteiger partial charge is 0.446 e. The second-order valence-corrected chi connectivity index (χ2v) is 5.01. The lowest BCUT2D eigenvalue weighted by molar-refractivity contribution is 0.459. The molecule has 1 aliphatic heterocycles. The predicted octanol–water partition coefficient (Wildman–Crippen LogP) is 1.75. The molecule has 0 aliphatic carbocycles. The van der Waals surface area contributed by atoms with Crippen LogP contribution in [0.5, 0.6) is 0 Å². The second kappa shape index (κ2) is 5.46. The minimum Gasteiger partial charge on any atom is -0.446 e. The van der Waals surface area contributed by atoms with E-state index in [0.717, 1.165) is 37.1 Å². The summed E-state index contributed by atoms with van der Waals surface area (Å²) in [6, 6.07) is 7.11. The van der Waals surface area contributed by atoms with Gasteiger partial charge in [0, 0.05) is 11.8 Å². The van der Waals surface area contributed by atoms with Gasteiger partial charge in [0.15, 0.2) is 0 Å². The summed E-state index contributed by atoms with van der Waals surface area (Å²) >= 11 is 0. The molecule has 3 rings (SSSR count). The molecule has 0 saturated carbocycles. The summed E-state index contributed by atoms with van der Waals surface area (Å²) in [4.78, 5) is 15.4. The van der Waals surface area contributed by atoms with E-state index in [-0.39, 0.29) is 5.56 Å². The molecular formula is C15H17N3O2. The highest BCUT2D eigenvalue weighted by molar-refractivity contribution is 5.74. The van der Waals surface area contributed by atoms with E-state index in [0.29, 0.717) is 17.5 Å². The van der Waals surface area contributed by atoms with Crippen molar-refractivity contribution in [2.75, 3.05) is 18.8 Å². The zero-order chi connectivity index (χ0) is 13.9. The van der Waals surface area contributed by atoms with Crippen molar-refractivity contribution < 1.29 is 4.42 Å². The summed E-state index contributed by atoms with van der Waals surface area (Å²) < 4.78 is 5.40. The Morgan fingerprint density at radius 2 is 2.05 bits per heavy atom. The van der Waals surface area contributed by atoms with Crippen molar-refractivity contribution in [3.05, 3.63) is 46.4 Å². The van der Waals surface area contributed by atoms with Crippen LogP contribution in [-0.2, 0) is 0 Å². The Morgan fingerprint density at radius 3 is 2.80 bits per heavy atom. The number of piperidine rings is 1. The molecule has 5 heteroatoms. The first kappa shape index (κ1) is 12.9. The van der Waals surface area contributed by atoms with Crippen molar-refractivity contribution in [1.29, 1.82) is 0 Å². The monoisotopic (exact) mass is 271 g/mol. The number of nitrogens with two attached hydrogens (primary N) is 1. The maximum Gasteiger partial charge on any atom is 0.276 e. The van der Waals surface area contributed by atoms with Crippen LogP contribution in [0.3, 0.4) is 0 Å². The molecule has 1 saturated heterocycles. The van der Waals surface area contributed by atoms with E-state index in [9.17, 15) is 4.79 Å². The van der Waals surface area contributed by atoms with Crippen molar-refractivity contribution in [3.63, 3.8) is 0 Å².